The standard InChI is InChI=1S/C18H22N4O2/c1-12-5-4-6-13(9-12)10-16(23)22-8-3-2-7-15(22)17-14(18(19)24)11-20-21-17/h4-6,9,11,15H,2-3,7-8,10H2,1H3,(H2,19,24)(H,20,21). The van der Waals surface area contributed by atoms with Gasteiger partial charge in [0, 0.05) is 6.54 Å². The summed E-state index contributed by atoms with van der Waals surface area (Å²) in [6, 6.07) is 7.81. The van der Waals surface area contributed by atoms with E-state index in [1.54, 1.807) is 0 Å². The van der Waals surface area contributed by atoms with Crippen molar-refractivity contribution in [3.8, 4) is 0 Å². The summed E-state index contributed by atoms with van der Waals surface area (Å²) >= 11 is 0. The molecule has 3 rings (SSSR count). The molecular formula is C18H22N4O2. The Morgan fingerprint density at radius 3 is 2.96 bits per heavy atom. The number of nitrogens with one attached hydrogen (secondary N) is 1. The minimum absolute atomic E-state index is 0.0651. The summed E-state index contributed by atoms with van der Waals surface area (Å²) in [5.41, 5.74) is 8.59. The maximum atomic E-state index is 12.8. The molecule has 0 aliphatic carbocycles. The molecule has 2 heterocycles. The fourth-order valence-corrected chi connectivity index (χ4v) is 3.37. The number of likely N-dealkylation sites (tertiary alicyclic amines) is 1. The molecule has 6 heteroatoms. The summed E-state index contributed by atoms with van der Waals surface area (Å²) in [7, 11) is 0. The van der Waals surface area contributed by atoms with Crippen molar-refractivity contribution in [1.29, 1.82) is 0 Å². The zero-order valence-corrected chi connectivity index (χ0v) is 13.8. The smallest absolute Gasteiger partial charge is 0.252 e. The number of rotatable bonds is 4. The highest BCUT2D eigenvalue weighted by Gasteiger charge is 2.31. The Morgan fingerprint density at radius 2 is 2.21 bits per heavy atom. The topological polar surface area (TPSA) is 92.1 Å². The largest absolute Gasteiger partial charge is 0.365 e. The molecule has 1 atom stereocenters. The van der Waals surface area contributed by atoms with Crippen molar-refractivity contribution in [1.82, 2.24) is 15.1 Å². The molecule has 0 saturated carbocycles. The molecule has 1 saturated heterocycles. The summed E-state index contributed by atoms with van der Waals surface area (Å²) in [6.07, 6.45) is 4.59. The van der Waals surface area contributed by atoms with Crippen LogP contribution in [0.4, 0.5) is 0 Å². The van der Waals surface area contributed by atoms with E-state index in [0.29, 0.717) is 24.2 Å². The first kappa shape index (κ1) is 16.2. The van der Waals surface area contributed by atoms with Gasteiger partial charge < -0.3 is 10.6 Å². The van der Waals surface area contributed by atoms with Crippen LogP contribution in [0.1, 0.15) is 52.5 Å². The molecule has 1 aromatic heterocycles. The molecule has 1 fully saturated rings. The third-order valence-electron chi connectivity index (χ3n) is 4.53. The third kappa shape index (κ3) is 3.32. The van der Waals surface area contributed by atoms with E-state index in [-0.39, 0.29) is 11.9 Å². The Bertz CT molecular complexity index is 753. The summed E-state index contributed by atoms with van der Waals surface area (Å²) in [5.74, 6) is -0.453. The lowest BCUT2D eigenvalue weighted by molar-refractivity contribution is -0.134. The Kier molecular flexibility index (Phi) is 4.64. The van der Waals surface area contributed by atoms with Crippen LogP contribution in [0.3, 0.4) is 0 Å². The highest BCUT2D eigenvalue weighted by Crippen LogP contribution is 2.32. The van der Waals surface area contributed by atoms with Gasteiger partial charge in [-0.2, -0.15) is 5.10 Å². The minimum atomic E-state index is -0.518. The normalized spacial score (nSPS) is 17.7. The van der Waals surface area contributed by atoms with E-state index >= 15 is 0 Å². The Hall–Kier alpha value is -2.63. The quantitative estimate of drug-likeness (QED) is 0.901. The van der Waals surface area contributed by atoms with Gasteiger partial charge in [0.1, 0.15) is 0 Å². The van der Waals surface area contributed by atoms with Crippen molar-refractivity contribution >= 4 is 11.8 Å². The number of nitrogens with zero attached hydrogens (tertiary/aromatic N) is 2. The van der Waals surface area contributed by atoms with Gasteiger partial charge in [-0.1, -0.05) is 29.8 Å². The van der Waals surface area contributed by atoms with Crippen LogP contribution in [0.25, 0.3) is 0 Å². The summed E-state index contributed by atoms with van der Waals surface area (Å²) < 4.78 is 0. The number of benzene rings is 1. The second-order valence-corrected chi connectivity index (χ2v) is 6.33. The van der Waals surface area contributed by atoms with E-state index in [0.717, 1.165) is 30.4 Å². The third-order valence-corrected chi connectivity index (χ3v) is 4.53. The van der Waals surface area contributed by atoms with Crippen LogP contribution in [0.5, 0.6) is 0 Å². The van der Waals surface area contributed by atoms with E-state index in [2.05, 4.69) is 10.2 Å². The predicted molar refractivity (Wildman–Crippen MR) is 90.3 cm³/mol. The summed E-state index contributed by atoms with van der Waals surface area (Å²) in [4.78, 5) is 26.3. The molecule has 1 unspecified atom stereocenters. The first-order valence-corrected chi connectivity index (χ1v) is 8.24. The predicted octanol–water partition coefficient (Wildman–Crippen LogP) is 2.11. The Balaban J connectivity index is 1.82. The lowest BCUT2D eigenvalue weighted by atomic mass is 9.96. The van der Waals surface area contributed by atoms with Crippen molar-refractivity contribution in [2.24, 2.45) is 5.73 Å². The monoisotopic (exact) mass is 326 g/mol. The number of hydrogen-bond donors (Lipinski definition) is 2. The SMILES string of the molecule is Cc1cccc(CC(=O)N2CCCCC2c2[nH]ncc2C(N)=O)c1. The molecule has 0 bridgehead atoms. The molecule has 1 aliphatic heterocycles. The van der Waals surface area contributed by atoms with Crippen LogP contribution in [0, 0.1) is 6.92 Å². The highest BCUT2D eigenvalue weighted by molar-refractivity contribution is 5.94. The minimum Gasteiger partial charge on any atom is -0.365 e. The lowest BCUT2D eigenvalue weighted by Gasteiger charge is -2.35. The number of hydrogen-bond acceptors (Lipinski definition) is 3. The fraction of sp³-hybridized carbons (Fsp3) is 0.389. The number of carbonyl (C=O) groups is 2. The number of carbonyl (C=O) groups excluding carboxylic acids is 2. The van der Waals surface area contributed by atoms with Gasteiger partial charge in [0.15, 0.2) is 0 Å². The van der Waals surface area contributed by atoms with E-state index in [1.165, 1.54) is 6.20 Å². The first-order valence-electron chi connectivity index (χ1n) is 8.24. The Labute approximate surface area is 141 Å². The maximum Gasteiger partial charge on any atom is 0.252 e. The van der Waals surface area contributed by atoms with Gasteiger partial charge in [-0.05, 0) is 31.7 Å². The number of amides is 2. The van der Waals surface area contributed by atoms with Crippen LogP contribution in [0.15, 0.2) is 30.5 Å². The van der Waals surface area contributed by atoms with Gasteiger partial charge in [0.05, 0.1) is 29.9 Å². The van der Waals surface area contributed by atoms with Crippen LogP contribution in [-0.4, -0.2) is 33.5 Å². The van der Waals surface area contributed by atoms with Crippen LogP contribution < -0.4 is 5.73 Å². The molecule has 24 heavy (non-hydrogen) atoms. The van der Waals surface area contributed by atoms with Gasteiger partial charge in [-0.3, -0.25) is 14.7 Å². The van der Waals surface area contributed by atoms with Crippen molar-refractivity contribution in [2.75, 3.05) is 6.54 Å². The molecule has 0 radical (unpaired) electrons. The van der Waals surface area contributed by atoms with Gasteiger partial charge in [0.2, 0.25) is 5.91 Å². The second kappa shape index (κ2) is 6.86. The number of primary amides is 1. The van der Waals surface area contributed by atoms with Gasteiger partial charge in [-0.25, -0.2) is 0 Å². The Morgan fingerprint density at radius 1 is 1.38 bits per heavy atom. The number of aromatic amines is 1. The van der Waals surface area contributed by atoms with Crippen molar-refractivity contribution < 1.29 is 9.59 Å². The van der Waals surface area contributed by atoms with Gasteiger partial charge in [-0.15, -0.1) is 0 Å². The second-order valence-electron chi connectivity index (χ2n) is 6.33. The van der Waals surface area contributed by atoms with Crippen LogP contribution in [-0.2, 0) is 11.2 Å². The summed E-state index contributed by atoms with van der Waals surface area (Å²) in [6.45, 7) is 2.70. The van der Waals surface area contributed by atoms with Crippen LogP contribution in [0.2, 0.25) is 0 Å². The van der Waals surface area contributed by atoms with E-state index in [9.17, 15) is 9.59 Å². The first-order chi connectivity index (χ1) is 11.6. The number of H-pyrrole nitrogens is 1. The van der Waals surface area contributed by atoms with E-state index in [1.807, 2.05) is 36.1 Å². The summed E-state index contributed by atoms with van der Waals surface area (Å²) in [5, 5.41) is 6.81. The van der Waals surface area contributed by atoms with E-state index in [4.69, 9.17) is 5.73 Å². The van der Waals surface area contributed by atoms with Gasteiger partial charge >= 0.3 is 0 Å². The zero-order chi connectivity index (χ0) is 17.1. The molecule has 2 amide bonds. The zero-order valence-electron chi connectivity index (χ0n) is 13.8. The average molecular weight is 326 g/mol. The van der Waals surface area contributed by atoms with Crippen molar-refractivity contribution in [3.63, 3.8) is 0 Å². The molecule has 6 nitrogen and oxygen atoms in total. The number of piperidine rings is 1. The lowest BCUT2D eigenvalue weighted by Crippen LogP contribution is -2.40. The number of nitrogens with two attached hydrogens (primary N) is 1. The maximum absolute atomic E-state index is 12.8. The molecule has 2 aromatic rings. The molecule has 1 aromatic carbocycles. The highest BCUT2D eigenvalue weighted by atomic mass is 16.2. The number of aromatic nitrogens is 2. The fourth-order valence-electron chi connectivity index (χ4n) is 3.37. The molecular weight excluding hydrogens is 304 g/mol. The average Bonchev–Trinajstić information content (AvgIpc) is 3.04. The van der Waals surface area contributed by atoms with Gasteiger partial charge in [0.25, 0.3) is 5.91 Å². The number of aryl methyl sites for hydroxylation is 1. The van der Waals surface area contributed by atoms with Crippen molar-refractivity contribution in [2.45, 2.75) is 38.6 Å². The molecule has 0 spiro atoms. The van der Waals surface area contributed by atoms with Crippen LogP contribution >= 0.6 is 0 Å². The van der Waals surface area contributed by atoms with Crippen molar-refractivity contribution in [3.05, 3.63) is 52.8 Å². The molecule has 126 valence electrons. The molecule has 1 aliphatic rings. The molecule has 3 N–H and O–H groups in total. The van der Waals surface area contributed by atoms with E-state index < -0.39 is 5.91 Å².